The molecule has 0 saturated carbocycles. The largest absolute Gasteiger partial charge is 0.480 e. The van der Waals surface area contributed by atoms with Crippen molar-refractivity contribution < 1.29 is 27.9 Å². The second-order valence-corrected chi connectivity index (χ2v) is 6.70. The van der Waals surface area contributed by atoms with Gasteiger partial charge in [0.2, 0.25) is 10.0 Å². The van der Waals surface area contributed by atoms with Crippen molar-refractivity contribution in [2.45, 2.75) is 32.2 Å². The van der Waals surface area contributed by atoms with Gasteiger partial charge in [0, 0.05) is 6.54 Å². The van der Waals surface area contributed by atoms with Gasteiger partial charge in [0.1, 0.15) is 6.04 Å². The van der Waals surface area contributed by atoms with Crippen molar-refractivity contribution in [2.24, 2.45) is 5.92 Å². The lowest BCUT2D eigenvalue weighted by Gasteiger charge is -2.36. The molecule has 0 radical (unpaired) electrons. The van der Waals surface area contributed by atoms with Gasteiger partial charge < -0.3 is 9.84 Å². The SMILES string of the molecule is COC(=O)CCS(=O)(=O)N1CCCC(C)C1C(=O)O. The molecule has 0 amide bonds. The summed E-state index contributed by atoms with van der Waals surface area (Å²) < 4.78 is 29.6. The number of aliphatic carboxylic acids is 1. The van der Waals surface area contributed by atoms with E-state index >= 15 is 0 Å². The summed E-state index contributed by atoms with van der Waals surface area (Å²) in [5.41, 5.74) is 0. The van der Waals surface area contributed by atoms with Crippen LogP contribution in [0.4, 0.5) is 0 Å². The number of methoxy groups -OCH3 is 1. The van der Waals surface area contributed by atoms with Crippen LogP contribution in [0.2, 0.25) is 0 Å². The maximum absolute atomic E-state index is 12.1. The van der Waals surface area contributed by atoms with Gasteiger partial charge in [0.05, 0.1) is 19.3 Å². The van der Waals surface area contributed by atoms with Crippen LogP contribution in [0.15, 0.2) is 0 Å². The van der Waals surface area contributed by atoms with Crippen molar-refractivity contribution in [3.05, 3.63) is 0 Å². The second kappa shape index (κ2) is 6.33. The van der Waals surface area contributed by atoms with Crippen LogP contribution in [0.5, 0.6) is 0 Å². The third-order valence-electron chi connectivity index (χ3n) is 3.29. The molecule has 1 aliphatic rings. The van der Waals surface area contributed by atoms with E-state index < -0.39 is 33.8 Å². The first-order valence-corrected chi connectivity index (χ1v) is 7.69. The van der Waals surface area contributed by atoms with Gasteiger partial charge in [0.25, 0.3) is 0 Å². The maximum atomic E-state index is 12.1. The van der Waals surface area contributed by atoms with E-state index in [1.807, 2.05) is 0 Å². The van der Waals surface area contributed by atoms with E-state index in [1.54, 1.807) is 6.92 Å². The maximum Gasteiger partial charge on any atom is 0.322 e. The number of nitrogens with zero attached hydrogens (tertiary/aromatic N) is 1. The molecule has 0 aromatic carbocycles. The fraction of sp³-hybridized carbons (Fsp3) is 0.818. The smallest absolute Gasteiger partial charge is 0.322 e. The van der Waals surface area contributed by atoms with Gasteiger partial charge >= 0.3 is 11.9 Å². The molecule has 1 aliphatic heterocycles. The van der Waals surface area contributed by atoms with Gasteiger partial charge in [-0.15, -0.1) is 0 Å². The molecule has 1 rings (SSSR count). The number of carbonyl (C=O) groups is 2. The van der Waals surface area contributed by atoms with Crippen molar-refractivity contribution in [3.63, 3.8) is 0 Å². The fourth-order valence-electron chi connectivity index (χ4n) is 2.26. The molecule has 110 valence electrons. The number of hydrogen-bond donors (Lipinski definition) is 1. The molecule has 7 nitrogen and oxygen atoms in total. The summed E-state index contributed by atoms with van der Waals surface area (Å²) in [4.78, 5) is 22.2. The molecule has 1 saturated heterocycles. The lowest BCUT2D eigenvalue weighted by atomic mass is 9.93. The standard InChI is InChI=1S/C11H19NO6S/c1-8-4-3-6-12(10(8)11(14)15)19(16,17)7-5-9(13)18-2/h8,10H,3-7H2,1-2H3,(H,14,15). The van der Waals surface area contributed by atoms with Crippen LogP contribution in [0.25, 0.3) is 0 Å². The highest BCUT2D eigenvalue weighted by Crippen LogP contribution is 2.26. The van der Waals surface area contributed by atoms with E-state index in [2.05, 4.69) is 4.74 Å². The predicted molar refractivity (Wildman–Crippen MR) is 66.9 cm³/mol. The Morgan fingerprint density at radius 2 is 2.05 bits per heavy atom. The van der Waals surface area contributed by atoms with Crippen molar-refractivity contribution in [1.82, 2.24) is 4.31 Å². The number of ether oxygens (including phenoxy) is 1. The molecule has 0 spiro atoms. The molecule has 1 heterocycles. The quantitative estimate of drug-likeness (QED) is 0.720. The minimum Gasteiger partial charge on any atom is -0.480 e. The van der Waals surface area contributed by atoms with E-state index in [1.165, 1.54) is 7.11 Å². The lowest BCUT2D eigenvalue weighted by Crippen LogP contribution is -2.52. The summed E-state index contributed by atoms with van der Waals surface area (Å²) >= 11 is 0. The van der Waals surface area contributed by atoms with Crippen LogP contribution in [-0.2, 0) is 24.3 Å². The molecule has 1 N–H and O–H groups in total. The average molecular weight is 293 g/mol. The van der Waals surface area contributed by atoms with Crippen molar-refractivity contribution in [1.29, 1.82) is 0 Å². The van der Waals surface area contributed by atoms with Crippen LogP contribution >= 0.6 is 0 Å². The molecule has 19 heavy (non-hydrogen) atoms. The molecule has 8 heteroatoms. The van der Waals surface area contributed by atoms with Crippen LogP contribution in [0, 0.1) is 5.92 Å². The van der Waals surface area contributed by atoms with Gasteiger partial charge in [-0.25, -0.2) is 8.42 Å². The zero-order valence-corrected chi connectivity index (χ0v) is 11.9. The molecule has 2 atom stereocenters. The summed E-state index contributed by atoms with van der Waals surface area (Å²) in [7, 11) is -2.59. The molecule has 2 unspecified atom stereocenters. The van der Waals surface area contributed by atoms with E-state index in [-0.39, 0.29) is 18.9 Å². The van der Waals surface area contributed by atoms with Gasteiger partial charge in [-0.3, -0.25) is 9.59 Å². The first-order valence-electron chi connectivity index (χ1n) is 6.08. The first-order chi connectivity index (χ1) is 8.79. The molecular formula is C11H19NO6S. The number of sulfonamides is 1. The van der Waals surface area contributed by atoms with Crippen LogP contribution in [0.1, 0.15) is 26.2 Å². The number of carbonyl (C=O) groups excluding carboxylic acids is 1. The van der Waals surface area contributed by atoms with Gasteiger partial charge in [-0.1, -0.05) is 6.92 Å². The first kappa shape index (κ1) is 15.9. The highest BCUT2D eigenvalue weighted by molar-refractivity contribution is 7.89. The second-order valence-electron chi connectivity index (χ2n) is 4.66. The van der Waals surface area contributed by atoms with Crippen molar-refractivity contribution in [3.8, 4) is 0 Å². The van der Waals surface area contributed by atoms with Crippen LogP contribution in [0.3, 0.4) is 0 Å². The van der Waals surface area contributed by atoms with Gasteiger partial charge in [-0.05, 0) is 18.8 Å². The number of piperidine rings is 1. The Hall–Kier alpha value is -1.15. The summed E-state index contributed by atoms with van der Waals surface area (Å²) in [6.45, 7) is 1.91. The van der Waals surface area contributed by atoms with Crippen molar-refractivity contribution >= 4 is 22.0 Å². The molecule has 0 aromatic heterocycles. The third kappa shape index (κ3) is 3.90. The van der Waals surface area contributed by atoms with Gasteiger partial charge in [-0.2, -0.15) is 4.31 Å². The number of carboxylic acids is 1. The third-order valence-corrected chi connectivity index (χ3v) is 5.13. The number of carboxylic acid groups (broad SMARTS) is 1. The number of rotatable bonds is 5. The Morgan fingerprint density at radius 3 is 2.58 bits per heavy atom. The molecule has 0 aliphatic carbocycles. The summed E-state index contributed by atoms with van der Waals surface area (Å²) in [6, 6.07) is -1.05. The monoisotopic (exact) mass is 293 g/mol. The van der Waals surface area contributed by atoms with Crippen molar-refractivity contribution in [2.75, 3.05) is 19.4 Å². The minimum atomic E-state index is -3.76. The predicted octanol–water partition coefficient (Wildman–Crippen LogP) is 0.0644. The highest BCUT2D eigenvalue weighted by Gasteiger charge is 2.40. The molecule has 0 bridgehead atoms. The zero-order chi connectivity index (χ0) is 14.6. The Bertz CT molecular complexity index is 446. The van der Waals surface area contributed by atoms with Crippen LogP contribution < -0.4 is 0 Å². The lowest BCUT2D eigenvalue weighted by molar-refractivity contribution is -0.144. The van der Waals surface area contributed by atoms with Crippen LogP contribution in [-0.4, -0.2) is 55.2 Å². The number of hydrogen-bond acceptors (Lipinski definition) is 5. The highest BCUT2D eigenvalue weighted by atomic mass is 32.2. The summed E-state index contributed by atoms with van der Waals surface area (Å²) in [6.07, 6.45) is 1.04. The Balaban J connectivity index is 2.85. The molecule has 0 aromatic rings. The fourth-order valence-corrected chi connectivity index (χ4v) is 3.97. The Labute approximate surface area is 112 Å². The average Bonchev–Trinajstić information content (AvgIpc) is 2.35. The normalized spacial score (nSPS) is 24.9. The summed E-state index contributed by atoms with van der Waals surface area (Å²) in [5, 5.41) is 9.17. The van der Waals surface area contributed by atoms with E-state index in [9.17, 15) is 18.0 Å². The number of esters is 1. The zero-order valence-electron chi connectivity index (χ0n) is 11.0. The van der Waals surface area contributed by atoms with E-state index in [0.29, 0.717) is 12.8 Å². The summed E-state index contributed by atoms with van der Waals surface area (Å²) in [5.74, 6) is -2.43. The van der Waals surface area contributed by atoms with Gasteiger partial charge in [0.15, 0.2) is 0 Å². The molecule has 1 fully saturated rings. The Morgan fingerprint density at radius 1 is 1.42 bits per heavy atom. The van der Waals surface area contributed by atoms with E-state index in [0.717, 1.165) is 4.31 Å². The Kier molecular flexibility index (Phi) is 5.30. The van der Waals surface area contributed by atoms with E-state index in [4.69, 9.17) is 5.11 Å². The molecular weight excluding hydrogens is 274 g/mol. The minimum absolute atomic E-state index is 0.185. The topological polar surface area (TPSA) is 101 Å².